The van der Waals surface area contributed by atoms with Gasteiger partial charge >= 0.3 is 5.97 Å². The van der Waals surface area contributed by atoms with Gasteiger partial charge in [-0.1, -0.05) is 13.8 Å². The molecule has 0 radical (unpaired) electrons. The van der Waals surface area contributed by atoms with Crippen LogP contribution in [0.3, 0.4) is 0 Å². The maximum absolute atomic E-state index is 11.3. The molecule has 4 heteroatoms. The standard InChI is InChI=1S/C9H15NO2S/c1-3-6-12-9(11)8(4-2)13-7-5-10/h8H,3-4,6-7H2,1-2H3. The van der Waals surface area contributed by atoms with Gasteiger partial charge in [0.1, 0.15) is 5.25 Å². The van der Waals surface area contributed by atoms with E-state index in [2.05, 4.69) is 0 Å². The van der Waals surface area contributed by atoms with E-state index in [1.54, 1.807) is 0 Å². The van der Waals surface area contributed by atoms with Crippen LogP contribution in [-0.4, -0.2) is 23.6 Å². The number of hydrogen-bond donors (Lipinski definition) is 0. The second-order valence-corrected chi connectivity index (χ2v) is 3.72. The normalized spacial score (nSPS) is 11.8. The summed E-state index contributed by atoms with van der Waals surface area (Å²) in [6, 6.07) is 2.00. The Hall–Kier alpha value is -0.690. The molecule has 0 amide bonds. The molecule has 0 fully saturated rings. The van der Waals surface area contributed by atoms with E-state index in [0.717, 1.165) is 12.8 Å². The fourth-order valence-corrected chi connectivity index (χ4v) is 1.50. The van der Waals surface area contributed by atoms with Gasteiger partial charge in [-0.05, 0) is 12.8 Å². The molecule has 0 N–H and O–H groups in total. The van der Waals surface area contributed by atoms with Gasteiger partial charge in [0.25, 0.3) is 0 Å². The molecule has 1 atom stereocenters. The number of thioether (sulfide) groups is 1. The van der Waals surface area contributed by atoms with Gasteiger partial charge in [0.05, 0.1) is 18.4 Å². The van der Waals surface area contributed by atoms with Gasteiger partial charge in [-0.25, -0.2) is 0 Å². The number of carbonyl (C=O) groups excluding carboxylic acids is 1. The van der Waals surface area contributed by atoms with Crippen molar-refractivity contribution in [2.24, 2.45) is 0 Å². The summed E-state index contributed by atoms with van der Waals surface area (Å²) in [6.07, 6.45) is 1.56. The summed E-state index contributed by atoms with van der Waals surface area (Å²) in [4.78, 5) is 11.3. The Bertz CT molecular complexity index is 189. The Labute approximate surface area is 83.4 Å². The zero-order chi connectivity index (χ0) is 10.1. The summed E-state index contributed by atoms with van der Waals surface area (Å²) >= 11 is 1.34. The van der Waals surface area contributed by atoms with E-state index < -0.39 is 0 Å². The molecule has 13 heavy (non-hydrogen) atoms. The van der Waals surface area contributed by atoms with Crippen molar-refractivity contribution in [3.63, 3.8) is 0 Å². The number of nitrogens with zero attached hydrogens (tertiary/aromatic N) is 1. The molecule has 0 saturated heterocycles. The van der Waals surface area contributed by atoms with Gasteiger partial charge in [0, 0.05) is 0 Å². The maximum atomic E-state index is 11.3. The van der Waals surface area contributed by atoms with Crippen LogP contribution in [-0.2, 0) is 9.53 Å². The highest BCUT2D eigenvalue weighted by Gasteiger charge is 2.17. The van der Waals surface area contributed by atoms with E-state index in [4.69, 9.17) is 10.00 Å². The fraction of sp³-hybridized carbons (Fsp3) is 0.778. The van der Waals surface area contributed by atoms with Crippen LogP contribution >= 0.6 is 11.8 Å². The van der Waals surface area contributed by atoms with Crippen molar-refractivity contribution >= 4 is 17.7 Å². The molecule has 0 rings (SSSR count). The minimum atomic E-state index is -0.190. The molecular weight excluding hydrogens is 186 g/mol. The highest BCUT2D eigenvalue weighted by Crippen LogP contribution is 2.15. The van der Waals surface area contributed by atoms with E-state index in [9.17, 15) is 4.79 Å². The van der Waals surface area contributed by atoms with Crippen LogP contribution in [0, 0.1) is 11.3 Å². The number of hydrogen-bond acceptors (Lipinski definition) is 4. The van der Waals surface area contributed by atoms with Crippen molar-refractivity contribution in [2.75, 3.05) is 12.4 Å². The molecule has 1 unspecified atom stereocenters. The van der Waals surface area contributed by atoms with Crippen molar-refractivity contribution < 1.29 is 9.53 Å². The topological polar surface area (TPSA) is 50.1 Å². The Morgan fingerprint density at radius 2 is 2.31 bits per heavy atom. The highest BCUT2D eigenvalue weighted by molar-refractivity contribution is 8.00. The lowest BCUT2D eigenvalue weighted by Crippen LogP contribution is -2.20. The summed E-state index contributed by atoms with van der Waals surface area (Å²) in [5.41, 5.74) is 0. The predicted molar refractivity (Wildman–Crippen MR) is 53.4 cm³/mol. The first-order valence-electron chi connectivity index (χ1n) is 4.41. The maximum Gasteiger partial charge on any atom is 0.319 e. The third-order valence-corrected chi connectivity index (χ3v) is 2.66. The highest BCUT2D eigenvalue weighted by atomic mass is 32.2. The lowest BCUT2D eigenvalue weighted by Gasteiger charge is -2.11. The van der Waals surface area contributed by atoms with Crippen molar-refractivity contribution in [2.45, 2.75) is 31.9 Å². The number of nitriles is 1. The smallest absolute Gasteiger partial charge is 0.319 e. The van der Waals surface area contributed by atoms with Gasteiger partial charge < -0.3 is 4.74 Å². The van der Waals surface area contributed by atoms with Crippen LogP contribution in [0.5, 0.6) is 0 Å². The molecular formula is C9H15NO2S. The van der Waals surface area contributed by atoms with Crippen LogP contribution in [0.1, 0.15) is 26.7 Å². The summed E-state index contributed by atoms with van der Waals surface area (Å²) in [7, 11) is 0. The second-order valence-electron chi connectivity index (χ2n) is 2.53. The lowest BCUT2D eigenvalue weighted by atomic mass is 10.3. The summed E-state index contributed by atoms with van der Waals surface area (Å²) in [5.74, 6) is 0.157. The lowest BCUT2D eigenvalue weighted by molar-refractivity contribution is -0.143. The van der Waals surface area contributed by atoms with Crippen molar-refractivity contribution in [3.05, 3.63) is 0 Å². The molecule has 0 saturated carbocycles. The number of rotatable bonds is 6. The third kappa shape index (κ3) is 5.53. The van der Waals surface area contributed by atoms with E-state index in [-0.39, 0.29) is 11.2 Å². The molecule has 0 aliphatic heterocycles. The monoisotopic (exact) mass is 201 g/mol. The summed E-state index contributed by atoms with van der Waals surface area (Å²) in [6.45, 7) is 4.35. The van der Waals surface area contributed by atoms with Crippen molar-refractivity contribution in [1.82, 2.24) is 0 Å². The molecule has 0 spiro atoms. The van der Waals surface area contributed by atoms with E-state index in [1.165, 1.54) is 11.8 Å². The predicted octanol–water partition coefficient (Wildman–Crippen LogP) is 1.97. The molecule has 0 aliphatic carbocycles. The fourth-order valence-electron chi connectivity index (χ4n) is 0.786. The number of ether oxygens (including phenoxy) is 1. The first-order valence-corrected chi connectivity index (χ1v) is 5.46. The summed E-state index contributed by atoms with van der Waals surface area (Å²) in [5, 5.41) is 8.17. The molecule has 74 valence electrons. The van der Waals surface area contributed by atoms with Crippen LogP contribution in [0.2, 0.25) is 0 Å². The number of esters is 1. The average Bonchev–Trinajstić information content (AvgIpc) is 2.16. The molecule has 0 aromatic carbocycles. The van der Waals surface area contributed by atoms with Gasteiger partial charge in [0.15, 0.2) is 0 Å². The zero-order valence-electron chi connectivity index (χ0n) is 8.08. The SMILES string of the molecule is CCCOC(=O)C(CC)SCC#N. The molecule has 0 aliphatic rings. The Balaban J connectivity index is 3.79. The Morgan fingerprint density at radius 1 is 1.62 bits per heavy atom. The zero-order valence-corrected chi connectivity index (χ0v) is 8.89. The largest absolute Gasteiger partial charge is 0.465 e. The van der Waals surface area contributed by atoms with Gasteiger partial charge in [-0.2, -0.15) is 5.26 Å². The Kier molecular flexibility index (Phi) is 7.51. The molecule has 0 heterocycles. The first-order chi connectivity index (χ1) is 6.26. The quantitative estimate of drug-likeness (QED) is 0.616. The second kappa shape index (κ2) is 7.93. The van der Waals surface area contributed by atoms with Crippen molar-refractivity contribution in [1.29, 1.82) is 5.26 Å². The molecule has 3 nitrogen and oxygen atoms in total. The van der Waals surface area contributed by atoms with E-state index in [0.29, 0.717) is 12.4 Å². The van der Waals surface area contributed by atoms with Crippen LogP contribution in [0.4, 0.5) is 0 Å². The van der Waals surface area contributed by atoms with E-state index in [1.807, 2.05) is 19.9 Å². The molecule has 0 bridgehead atoms. The molecule has 0 aromatic rings. The third-order valence-electron chi connectivity index (χ3n) is 1.43. The van der Waals surface area contributed by atoms with Crippen molar-refractivity contribution in [3.8, 4) is 6.07 Å². The van der Waals surface area contributed by atoms with Gasteiger partial charge in [-0.15, -0.1) is 11.8 Å². The minimum absolute atomic E-state index is 0.175. The van der Waals surface area contributed by atoms with Gasteiger partial charge in [0.2, 0.25) is 0 Å². The average molecular weight is 201 g/mol. The van der Waals surface area contributed by atoms with Gasteiger partial charge in [-0.3, -0.25) is 4.79 Å². The molecule has 0 aromatic heterocycles. The number of carbonyl (C=O) groups is 1. The van der Waals surface area contributed by atoms with E-state index >= 15 is 0 Å². The van der Waals surface area contributed by atoms with Crippen LogP contribution in [0.15, 0.2) is 0 Å². The minimum Gasteiger partial charge on any atom is -0.465 e. The van der Waals surface area contributed by atoms with Crippen LogP contribution < -0.4 is 0 Å². The van der Waals surface area contributed by atoms with Crippen LogP contribution in [0.25, 0.3) is 0 Å². The summed E-state index contributed by atoms with van der Waals surface area (Å²) < 4.78 is 4.97. The first kappa shape index (κ1) is 12.3. The Morgan fingerprint density at radius 3 is 2.77 bits per heavy atom.